The van der Waals surface area contributed by atoms with Gasteiger partial charge in [-0.2, -0.15) is 0 Å². The van der Waals surface area contributed by atoms with E-state index >= 15 is 0 Å². The predicted molar refractivity (Wildman–Crippen MR) is 123 cm³/mol. The molecule has 0 aliphatic carbocycles. The number of nitrogens with one attached hydrogen (secondary N) is 2. The van der Waals surface area contributed by atoms with Crippen LogP contribution in [0.5, 0.6) is 5.75 Å². The van der Waals surface area contributed by atoms with Crippen molar-refractivity contribution in [3.8, 4) is 5.75 Å². The Balaban J connectivity index is 2.19. The molecule has 2 aromatic carbocycles. The van der Waals surface area contributed by atoms with Gasteiger partial charge in [-0.15, -0.1) is 0 Å². The summed E-state index contributed by atoms with van der Waals surface area (Å²) in [7, 11) is 3.09. The van der Waals surface area contributed by atoms with Gasteiger partial charge in [0.1, 0.15) is 23.9 Å². The third-order valence-corrected chi connectivity index (χ3v) is 4.53. The van der Waals surface area contributed by atoms with Crippen LogP contribution >= 0.6 is 0 Å². The molecule has 0 radical (unpaired) electrons. The molecule has 0 bridgehead atoms. The van der Waals surface area contributed by atoms with E-state index in [0.29, 0.717) is 17.0 Å². The van der Waals surface area contributed by atoms with E-state index in [0.717, 1.165) is 5.56 Å². The summed E-state index contributed by atoms with van der Waals surface area (Å²) in [6, 6.07) is 13.4. The zero-order chi connectivity index (χ0) is 23.9. The van der Waals surface area contributed by atoms with Gasteiger partial charge in [0.25, 0.3) is 5.91 Å². The average Bonchev–Trinajstić information content (AvgIpc) is 2.71. The van der Waals surface area contributed by atoms with E-state index < -0.39 is 23.6 Å². The number of hydrogen-bond acceptors (Lipinski definition) is 5. The van der Waals surface area contributed by atoms with Crippen molar-refractivity contribution in [2.75, 3.05) is 26.0 Å². The number of nitrogens with zero attached hydrogens (tertiary/aromatic N) is 1. The highest BCUT2D eigenvalue weighted by Crippen LogP contribution is 2.24. The van der Waals surface area contributed by atoms with Crippen molar-refractivity contribution in [1.82, 2.24) is 10.2 Å². The van der Waals surface area contributed by atoms with Gasteiger partial charge in [-0.05, 0) is 57.5 Å². The molecule has 2 rings (SSSR count). The number of anilines is 1. The Morgan fingerprint density at radius 1 is 1.06 bits per heavy atom. The van der Waals surface area contributed by atoms with Crippen LogP contribution in [0.25, 0.3) is 0 Å². The minimum atomic E-state index is -0.898. The van der Waals surface area contributed by atoms with Gasteiger partial charge in [0.2, 0.25) is 5.91 Å². The van der Waals surface area contributed by atoms with Crippen molar-refractivity contribution in [2.24, 2.45) is 0 Å². The molecular weight excluding hydrogens is 410 g/mol. The van der Waals surface area contributed by atoms with E-state index in [1.165, 1.54) is 11.9 Å². The first-order valence-corrected chi connectivity index (χ1v) is 10.2. The summed E-state index contributed by atoms with van der Waals surface area (Å²) in [4.78, 5) is 39.2. The summed E-state index contributed by atoms with van der Waals surface area (Å²) < 4.78 is 10.3. The Hall–Kier alpha value is -3.55. The van der Waals surface area contributed by atoms with E-state index in [1.54, 1.807) is 58.2 Å². The van der Waals surface area contributed by atoms with Gasteiger partial charge in [0.15, 0.2) is 0 Å². The number of aryl methyl sites for hydroxylation is 1. The van der Waals surface area contributed by atoms with Crippen LogP contribution in [-0.2, 0) is 14.3 Å². The molecule has 172 valence electrons. The highest BCUT2D eigenvalue weighted by atomic mass is 16.6. The monoisotopic (exact) mass is 441 g/mol. The highest BCUT2D eigenvalue weighted by molar-refractivity contribution is 5.98. The molecule has 0 aliphatic heterocycles. The molecule has 0 saturated carbocycles. The molecule has 0 fully saturated rings. The fourth-order valence-electron chi connectivity index (χ4n) is 3.01. The summed E-state index contributed by atoms with van der Waals surface area (Å²) in [6.45, 7) is 6.81. The average molecular weight is 442 g/mol. The smallest absolute Gasteiger partial charge is 0.408 e. The van der Waals surface area contributed by atoms with Crippen LogP contribution in [0.15, 0.2) is 48.5 Å². The molecule has 0 heterocycles. The molecule has 0 saturated heterocycles. The SMILES string of the molecule is COc1ccc(NC(=O)C(c2cccc(C)c2)N(C)C(=O)CNC(=O)OC(C)(C)C)cc1. The lowest BCUT2D eigenvalue weighted by Gasteiger charge is -2.28. The molecule has 8 heteroatoms. The maximum atomic E-state index is 13.2. The van der Waals surface area contributed by atoms with Crippen LogP contribution in [0.2, 0.25) is 0 Å². The maximum absolute atomic E-state index is 13.2. The summed E-state index contributed by atoms with van der Waals surface area (Å²) in [5, 5.41) is 5.28. The molecule has 0 aromatic heterocycles. The third kappa shape index (κ3) is 7.30. The lowest BCUT2D eigenvalue weighted by Crippen LogP contribution is -2.44. The van der Waals surface area contributed by atoms with Crippen molar-refractivity contribution in [3.05, 3.63) is 59.7 Å². The zero-order valence-electron chi connectivity index (χ0n) is 19.4. The second-order valence-electron chi connectivity index (χ2n) is 8.39. The van der Waals surface area contributed by atoms with E-state index in [-0.39, 0.29) is 12.5 Å². The molecule has 0 aliphatic rings. The minimum absolute atomic E-state index is 0.302. The van der Waals surface area contributed by atoms with Crippen LogP contribution in [0.1, 0.15) is 37.9 Å². The van der Waals surface area contributed by atoms with Crippen LogP contribution in [0, 0.1) is 6.92 Å². The van der Waals surface area contributed by atoms with Crippen LogP contribution in [-0.4, -0.2) is 49.1 Å². The Kier molecular flexibility index (Phi) is 8.23. The molecule has 2 aromatic rings. The van der Waals surface area contributed by atoms with Gasteiger partial charge in [-0.25, -0.2) is 4.79 Å². The molecular formula is C24H31N3O5. The van der Waals surface area contributed by atoms with Gasteiger partial charge in [-0.1, -0.05) is 29.8 Å². The number of methoxy groups -OCH3 is 1. The van der Waals surface area contributed by atoms with Gasteiger partial charge in [-0.3, -0.25) is 9.59 Å². The van der Waals surface area contributed by atoms with Crippen LogP contribution in [0.3, 0.4) is 0 Å². The number of hydrogen-bond donors (Lipinski definition) is 2. The first-order chi connectivity index (χ1) is 15.0. The van der Waals surface area contributed by atoms with E-state index in [2.05, 4.69) is 10.6 Å². The molecule has 1 unspecified atom stereocenters. The first kappa shape index (κ1) is 24.7. The Labute approximate surface area is 188 Å². The number of amides is 3. The van der Waals surface area contributed by atoms with Crippen molar-refractivity contribution in [1.29, 1.82) is 0 Å². The number of carbonyl (C=O) groups is 3. The normalized spacial score (nSPS) is 11.8. The lowest BCUT2D eigenvalue weighted by molar-refractivity contribution is -0.136. The second-order valence-corrected chi connectivity index (χ2v) is 8.39. The lowest BCUT2D eigenvalue weighted by atomic mass is 10.0. The molecule has 3 amide bonds. The summed E-state index contributed by atoms with van der Waals surface area (Å²) in [6.07, 6.45) is -0.700. The van der Waals surface area contributed by atoms with Gasteiger partial charge >= 0.3 is 6.09 Å². The third-order valence-electron chi connectivity index (χ3n) is 4.53. The molecule has 8 nitrogen and oxygen atoms in total. The Morgan fingerprint density at radius 3 is 2.28 bits per heavy atom. The van der Waals surface area contributed by atoms with E-state index in [9.17, 15) is 14.4 Å². The summed E-state index contributed by atoms with van der Waals surface area (Å²) in [5.74, 6) is -0.153. The van der Waals surface area contributed by atoms with E-state index in [1.807, 2.05) is 25.1 Å². The minimum Gasteiger partial charge on any atom is -0.497 e. The number of benzene rings is 2. The van der Waals surface area contributed by atoms with Crippen molar-refractivity contribution in [2.45, 2.75) is 39.3 Å². The van der Waals surface area contributed by atoms with E-state index in [4.69, 9.17) is 9.47 Å². The van der Waals surface area contributed by atoms with Gasteiger partial charge in [0, 0.05) is 12.7 Å². The fourth-order valence-corrected chi connectivity index (χ4v) is 3.01. The van der Waals surface area contributed by atoms with Gasteiger partial charge < -0.3 is 25.0 Å². The summed E-state index contributed by atoms with van der Waals surface area (Å²) >= 11 is 0. The topological polar surface area (TPSA) is 97.0 Å². The largest absolute Gasteiger partial charge is 0.497 e. The van der Waals surface area contributed by atoms with Crippen LogP contribution < -0.4 is 15.4 Å². The number of likely N-dealkylation sites (N-methyl/N-ethyl adjacent to an activating group) is 1. The molecule has 32 heavy (non-hydrogen) atoms. The predicted octanol–water partition coefficient (Wildman–Crippen LogP) is 3.67. The maximum Gasteiger partial charge on any atom is 0.408 e. The summed E-state index contributed by atoms with van der Waals surface area (Å²) in [5.41, 5.74) is 1.50. The van der Waals surface area contributed by atoms with Crippen LogP contribution in [0.4, 0.5) is 10.5 Å². The second kappa shape index (κ2) is 10.7. The number of ether oxygens (including phenoxy) is 2. The zero-order valence-corrected chi connectivity index (χ0v) is 19.4. The quantitative estimate of drug-likeness (QED) is 0.683. The number of carbonyl (C=O) groups excluding carboxylic acids is 3. The van der Waals surface area contributed by atoms with Crippen molar-refractivity contribution in [3.63, 3.8) is 0 Å². The molecule has 1 atom stereocenters. The van der Waals surface area contributed by atoms with Gasteiger partial charge in [0.05, 0.1) is 7.11 Å². The highest BCUT2D eigenvalue weighted by Gasteiger charge is 2.29. The molecule has 0 spiro atoms. The van der Waals surface area contributed by atoms with Crippen molar-refractivity contribution >= 4 is 23.6 Å². The Morgan fingerprint density at radius 2 is 1.72 bits per heavy atom. The molecule has 2 N–H and O–H groups in total. The number of rotatable bonds is 7. The fraction of sp³-hybridized carbons (Fsp3) is 0.375. The van der Waals surface area contributed by atoms with Crippen molar-refractivity contribution < 1.29 is 23.9 Å². The first-order valence-electron chi connectivity index (χ1n) is 10.2. The standard InChI is InChI=1S/C24H31N3O5/c1-16-8-7-9-17(14-16)21(22(29)26-18-10-12-19(31-6)13-11-18)27(5)20(28)15-25-23(30)32-24(2,3)4/h7-14,21H,15H2,1-6H3,(H,25,30)(H,26,29). The number of alkyl carbamates (subject to hydrolysis) is 1. The Bertz CT molecular complexity index is 951.